The van der Waals surface area contributed by atoms with Crippen LogP contribution < -0.4 is 4.72 Å². The standard InChI is InChI=1S/C22H28N2O5S/c1-16(2)12-24-20(13-25)22(29-14-21(24)26)18-8-10-19(11-9-18)23-30(27,28)15-17-6-4-3-5-7-17/h3-11,16,20,22-23,25H,12-15H2,1-2H3. The van der Waals surface area contributed by atoms with E-state index in [0.29, 0.717) is 17.8 Å². The number of ether oxygens (including phenoxy) is 1. The van der Waals surface area contributed by atoms with E-state index in [4.69, 9.17) is 4.74 Å². The predicted octanol–water partition coefficient (Wildman–Crippen LogP) is 2.55. The van der Waals surface area contributed by atoms with Crippen LogP contribution in [0.1, 0.15) is 31.1 Å². The first-order valence-corrected chi connectivity index (χ1v) is 11.6. The van der Waals surface area contributed by atoms with E-state index in [9.17, 15) is 18.3 Å². The molecular weight excluding hydrogens is 404 g/mol. The highest BCUT2D eigenvalue weighted by atomic mass is 32.2. The van der Waals surface area contributed by atoms with Gasteiger partial charge < -0.3 is 14.7 Å². The van der Waals surface area contributed by atoms with Gasteiger partial charge in [0.15, 0.2) is 0 Å². The van der Waals surface area contributed by atoms with Crippen molar-refractivity contribution in [3.63, 3.8) is 0 Å². The summed E-state index contributed by atoms with van der Waals surface area (Å²) in [6.45, 7) is 4.32. The van der Waals surface area contributed by atoms with E-state index in [1.807, 2.05) is 19.9 Å². The zero-order valence-corrected chi connectivity index (χ0v) is 18.0. The Bertz CT molecular complexity index is 945. The normalized spacial score (nSPS) is 19.9. The maximum absolute atomic E-state index is 12.4. The molecule has 1 fully saturated rings. The second-order valence-electron chi connectivity index (χ2n) is 7.89. The number of amides is 1. The summed E-state index contributed by atoms with van der Waals surface area (Å²) < 4.78 is 33.1. The Labute approximate surface area is 177 Å². The number of hydrogen-bond acceptors (Lipinski definition) is 5. The molecule has 2 aromatic rings. The highest BCUT2D eigenvalue weighted by Crippen LogP contribution is 2.30. The van der Waals surface area contributed by atoms with Gasteiger partial charge in [0.2, 0.25) is 15.9 Å². The van der Waals surface area contributed by atoms with Gasteiger partial charge in [0, 0.05) is 12.2 Å². The minimum atomic E-state index is -3.54. The molecule has 2 atom stereocenters. The fraction of sp³-hybridized carbons (Fsp3) is 0.409. The van der Waals surface area contributed by atoms with Crippen molar-refractivity contribution in [3.05, 3.63) is 65.7 Å². The van der Waals surface area contributed by atoms with Crippen LogP contribution in [0.15, 0.2) is 54.6 Å². The number of carbonyl (C=O) groups excluding carboxylic acids is 1. The zero-order chi connectivity index (χ0) is 21.7. The first-order valence-electron chi connectivity index (χ1n) is 9.95. The van der Waals surface area contributed by atoms with Crippen LogP contribution in [-0.2, 0) is 25.3 Å². The number of morpholine rings is 1. The van der Waals surface area contributed by atoms with Gasteiger partial charge in [0.05, 0.1) is 18.4 Å². The van der Waals surface area contributed by atoms with Gasteiger partial charge >= 0.3 is 0 Å². The third-order valence-electron chi connectivity index (χ3n) is 4.92. The van der Waals surface area contributed by atoms with Crippen LogP contribution in [0.25, 0.3) is 0 Å². The molecule has 1 saturated heterocycles. The summed E-state index contributed by atoms with van der Waals surface area (Å²) in [4.78, 5) is 13.9. The number of sulfonamides is 1. The van der Waals surface area contributed by atoms with Crippen LogP contribution in [-0.4, -0.2) is 50.1 Å². The lowest BCUT2D eigenvalue weighted by atomic mass is 9.98. The number of aliphatic hydroxyl groups excluding tert-OH is 1. The lowest BCUT2D eigenvalue weighted by Crippen LogP contribution is -2.53. The number of benzene rings is 2. The van der Waals surface area contributed by atoms with Crippen LogP contribution in [0.2, 0.25) is 0 Å². The summed E-state index contributed by atoms with van der Waals surface area (Å²) in [5.41, 5.74) is 1.93. The van der Waals surface area contributed by atoms with Crippen molar-refractivity contribution in [2.75, 3.05) is 24.5 Å². The molecule has 8 heteroatoms. The Morgan fingerprint density at radius 2 is 1.80 bits per heavy atom. The maximum Gasteiger partial charge on any atom is 0.249 e. The number of aliphatic hydroxyl groups is 1. The van der Waals surface area contributed by atoms with Crippen molar-refractivity contribution in [2.45, 2.75) is 31.7 Å². The Kier molecular flexibility index (Phi) is 7.12. The third-order valence-corrected chi connectivity index (χ3v) is 6.18. The topological polar surface area (TPSA) is 95.9 Å². The summed E-state index contributed by atoms with van der Waals surface area (Å²) in [6.07, 6.45) is -0.471. The Morgan fingerprint density at radius 3 is 2.40 bits per heavy atom. The van der Waals surface area contributed by atoms with E-state index >= 15 is 0 Å². The second kappa shape index (κ2) is 9.59. The molecule has 162 valence electrons. The molecule has 0 spiro atoms. The zero-order valence-electron chi connectivity index (χ0n) is 17.2. The number of hydrogen-bond donors (Lipinski definition) is 2. The molecule has 0 radical (unpaired) electrons. The second-order valence-corrected chi connectivity index (χ2v) is 9.61. The average Bonchev–Trinajstić information content (AvgIpc) is 2.70. The van der Waals surface area contributed by atoms with Gasteiger partial charge in [-0.1, -0.05) is 56.3 Å². The third kappa shape index (κ3) is 5.59. The molecule has 1 amide bonds. The first kappa shape index (κ1) is 22.3. The van der Waals surface area contributed by atoms with E-state index in [-0.39, 0.29) is 30.8 Å². The fourth-order valence-electron chi connectivity index (χ4n) is 3.60. The molecular formula is C22H28N2O5S. The molecule has 1 aliphatic rings. The van der Waals surface area contributed by atoms with Gasteiger partial charge in [-0.05, 0) is 29.2 Å². The van der Waals surface area contributed by atoms with Gasteiger partial charge in [-0.15, -0.1) is 0 Å². The monoisotopic (exact) mass is 432 g/mol. The van der Waals surface area contributed by atoms with Crippen molar-refractivity contribution in [2.24, 2.45) is 5.92 Å². The Morgan fingerprint density at radius 1 is 1.13 bits per heavy atom. The first-order chi connectivity index (χ1) is 14.3. The molecule has 0 aliphatic carbocycles. The molecule has 2 N–H and O–H groups in total. The number of rotatable bonds is 8. The van der Waals surface area contributed by atoms with Gasteiger partial charge in [-0.25, -0.2) is 8.42 Å². The smallest absolute Gasteiger partial charge is 0.249 e. The SMILES string of the molecule is CC(C)CN1C(=O)COC(c2ccc(NS(=O)(=O)Cc3ccccc3)cc2)C1CO. The minimum Gasteiger partial charge on any atom is -0.394 e. The lowest BCUT2D eigenvalue weighted by Gasteiger charge is -2.41. The number of anilines is 1. The minimum absolute atomic E-state index is 0.0423. The van der Waals surface area contributed by atoms with Crippen molar-refractivity contribution in [1.82, 2.24) is 4.90 Å². The molecule has 1 aliphatic heterocycles. The lowest BCUT2D eigenvalue weighted by molar-refractivity contribution is -0.161. The summed E-state index contributed by atoms with van der Waals surface area (Å²) in [6, 6.07) is 15.3. The van der Waals surface area contributed by atoms with Crippen molar-refractivity contribution in [3.8, 4) is 0 Å². The Balaban J connectivity index is 1.72. The molecule has 0 aromatic heterocycles. The summed E-state index contributed by atoms with van der Waals surface area (Å²) >= 11 is 0. The molecule has 30 heavy (non-hydrogen) atoms. The van der Waals surface area contributed by atoms with E-state index in [1.165, 1.54) is 0 Å². The Hall–Kier alpha value is -2.42. The van der Waals surface area contributed by atoms with E-state index in [0.717, 1.165) is 5.56 Å². The van der Waals surface area contributed by atoms with E-state index < -0.39 is 22.2 Å². The molecule has 0 bridgehead atoms. The average molecular weight is 433 g/mol. The van der Waals surface area contributed by atoms with Crippen molar-refractivity contribution < 1.29 is 23.1 Å². The van der Waals surface area contributed by atoms with Gasteiger partial charge in [-0.2, -0.15) is 0 Å². The van der Waals surface area contributed by atoms with Crippen molar-refractivity contribution >= 4 is 21.6 Å². The van der Waals surface area contributed by atoms with Crippen LogP contribution in [0, 0.1) is 5.92 Å². The maximum atomic E-state index is 12.4. The van der Waals surface area contributed by atoms with Crippen LogP contribution in [0.4, 0.5) is 5.69 Å². The van der Waals surface area contributed by atoms with E-state index in [1.54, 1.807) is 53.4 Å². The van der Waals surface area contributed by atoms with E-state index in [2.05, 4.69) is 4.72 Å². The highest BCUT2D eigenvalue weighted by Gasteiger charge is 2.37. The summed E-state index contributed by atoms with van der Waals surface area (Å²) in [5.74, 6) is 0.0210. The van der Waals surface area contributed by atoms with Crippen LogP contribution in [0.5, 0.6) is 0 Å². The van der Waals surface area contributed by atoms with Gasteiger partial charge in [0.25, 0.3) is 0 Å². The highest BCUT2D eigenvalue weighted by molar-refractivity contribution is 7.91. The number of nitrogens with zero attached hydrogens (tertiary/aromatic N) is 1. The largest absolute Gasteiger partial charge is 0.394 e. The summed E-state index contributed by atoms with van der Waals surface area (Å²) in [5, 5.41) is 9.91. The molecule has 2 unspecified atom stereocenters. The molecule has 1 heterocycles. The predicted molar refractivity (Wildman–Crippen MR) is 115 cm³/mol. The number of carbonyl (C=O) groups is 1. The van der Waals surface area contributed by atoms with Crippen molar-refractivity contribution in [1.29, 1.82) is 0 Å². The number of nitrogens with one attached hydrogen (secondary N) is 1. The molecule has 2 aromatic carbocycles. The van der Waals surface area contributed by atoms with Gasteiger partial charge in [0.1, 0.15) is 12.7 Å². The van der Waals surface area contributed by atoms with Crippen LogP contribution >= 0.6 is 0 Å². The quantitative estimate of drug-likeness (QED) is 0.668. The van der Waals surface area contributed by atoms with Crippen LogP contribution in [0.3, 0.4) is 0 Å². The fourth-order valence-corrected chi connectivity index (χ4v) is 4.80. The molecule has 7 nitrogen and oxygen atoms in total. The van der Waals surface area contributed by atoms with Gasteiger partial charge in [-0.3, -0.25) is 9.52 Å². The molecule has 3 rings (SSSR count). The molecule has 0 saturated carbocycles. The summed E-state index contributed by atoms with van der Waals surface area (Å²) in [7, 11) is -3.54.